The Balaban J connectivity index is 4.03. The van der Waals surface area contributed by atoms with Crippen molar-refractivity contribution in [3.8, 4) is 0 Å². The summed E-state index contributed by atoms with van der Waals surface area (Å²) in [5.41, 5.74) is -1.14. The number of carboxylic acid groups (broad SMARTS) is 1. The topological polar surface area (TPSA) is 66.8 Å². The molecule has 0 aliphatic rings. The minimum Gasteiger partial charge on any atom is -0.479 e. The molecule has 0 saturated carbocycles. The summed E-state index contributed by atoms with van der Waals surface area (Å²) in [4.78, 5) is 10.9. The van der Waals surface area contributed by atoms with E-state index < -0.39 is 11.6 Å². The van der Waals surface area contributed by atoms with Gasteiger partial charge in [0.2, 0.25) is 0 Å². The average Bonchev–Trinajstić information content (AvgIpc) is 2.15. The molecule has 4 nitrogen and oxygen atoms in total. The second kappa shape index (κ2) is 6.79. The maximum absolute atomic E-state index is 10.9. The monoisotopic (exact) mass is 204 g/mol. The van der Waals surface area contributed by atoms with Crippen molar-refractivity contribution in [2.24, 2.45) is 0 Å². The Kier molecular flexibility index (Phi) is 6.49. The van der Waals surface area contributed by atoms with E-state index in [9.17, 15) is 4.79 Å². The molecule has 14 heavy (non-hydrogen) atoms. The van der Waals surface area contributed by atoms with Gasteiger partial charge in [0, 0.05) is 0 Å². The fourth-order valence-electron chi connectivity index (χ4n) is 1.22. The summed E-state index contributed by atoms with van der Waals surface area (Å²) in [5.74, 6) is -0.956. The van der Waals surface area contributed by atoms with E-state index in [0.29, 0.717) is 6.42 Å². The molecule has 1 unspecified atom stereocenters. The Morgan fingerprint density at radius 2 is 2.07 bits per heavy atom. The highest BCUT2D eigenvalue weighted by atomic mass is 16.5. The molecule has 0 aromatic heterocycles. The van der Waals surface area contributed by atoms with E-state index in [4.69, 9.17) is 14.9 Å². The van der Waals surface area contributed by atoms with Crippen molar-refractivity contribution in [1.29, 1.82) is 0 Å². The number of hydrogen-bond donors (Lipinski definition) is 2. The van der Waals surface area contributed by atoms with E-state index in [2.05, 4.69) is 6.92 Å². The highest BCUT2D eigenvalue weighted by Crippen LogP contribution is 2.19. The van der Waals surface area contributed by atoms with Crippen LogP contribution in [-0.2, 0) is 9.53 Å². The van der Waals surface area contributed by atoms with Crippen LogP contribution in [0.4, 0.5) is 0 Å². The quantitative estimate of drug-likeness (QED) is 0.587. The molecule has 0 saturated heterocycles. The molecule has 0 radical (unpaired) electrons. The van der Waals surface area contributed by atoms with Gasteiger partial charge in [-0.2, -0.15) is 0 Å². The first-order valence-corrected chi connectivity index (χ1v) is 5.05. The van der Waals surface area contributed by atoms with Crippen molar-refractivity contribution in [3.63, 3.8) is 0 Å². The predicted octanol–water partition coefficient (Wildman–Crippen LogP) is 1.42. The van der Waals surface area contributed by atoms with Gasteiger partial charge in [-0.25, -0.2) is 4.79 Å². The van der Waals surface area contributed by atoms with E-state index in [1.54, 1.807) is 6.92 Å². The third-order valence-corrected chi connectivity index (χ3v) is 2.22. The van der Waals surface area contributed by atoms with Crippen LogP contribution in [-0.4, -0.2) is 35.0 Å². The van der Waals surface area contributed by atoms with Crippen molar-refractivity contribution in [2.75, 3.05) is 13.2 Å². The summed E-state index contributed by atoms with van der Waals surface area (Å²) in [6.45, 7) is 3.55. The standard InChI is InChI=1S/C10H20O4/c1-3-4-5-6-10(2,9(12)13)14-8-7-11/h11H,3-8H2,1-2H3,(H,12,13). The van der Waals surface area contributed by atoms with Gasteiger partial charge in [-0.05, 0) is 19.8 Å². The average molecular weight is 204 g/mol. The lowest BCUT2D eigenvalue weighted by Gasteiger charge is -2.24. The van der Waals surface area contributed by atoms with Gasteiger partial charge < -0.3 is 14.9 Å². The van der Waals surface area contributed by atoms with Gasteiger partial charge in [0.15, 0.2) is 5.60 Å². The zero-order chi connectivity index (χ0) is 11.0. The Morgan fingerprint density at radius 1 is 1.43 bits per heavy atom. The number of ether oxygens (including phenoxy) is 1. The summed E-state index contributed by atoms with van der Waals surface area (Å²) in [6.07, 6.45) is 3.39. The van der Waals surface area contributed by atoms with Crippen LogP contribution in [0.3, 0.4) is 0 Å². The molecule has 0 fully saturated rings. The van der Waals surface area contributed by atoms with Crippen molar-refractivity contribution in [1.82, 2.24) is 0 Å². The second-order valence-electron chi connectivity index (χ2n) is 3.57. The Bertz CT molecular complexity index is 170. The van der Waals surface area contributed by atoms with Crippen LogP contribution in [0, 0.1) is 0 Å². The lowest BCUT2D eigenvalue weighted by atomic mass is 9.98. The van der Waals surface area contributed by atoms with Crippen LogP contribution in [0.5, 0.6) is 0 Å². The molecular weight excluding hydrogens is 184 g/mol. The summed E-state index contributed by atoms with van der Waals surface area (Å²) >= 11 is 0. The molecule has 2 N–H and O–H groups in total. The molecule has 0 aromatic carbocycles. The SMILES string of the molecule is CCCCCC(C)(OCCO)C(=O)O. The maximum atomic E-state index is 10.9. The molecule has 0 rings (SSSR count). The van der Waals surface area contributed by atoms with E-state index >= 15 is 0 Å². The van der Waals surface area contributed by atoms with Gasteiger partial charge in [-0.1, -0.05) is 19.8 Å². The fraction of sp³-hybridized carbons (Fsp3) is 0.900. The van der Waals surface area contributed by atoms with Crippen molar-refractivity contribution in [2.45, 2.75) is 45.1 Å². The third-order valence-electron chi connectivity index (χ3n) is 2.22. The highest BCUT2D eigenvalue weighted by molar-refractivity contribution is 5.76. The molecule has 0 amide bonds. The number of carboxylic acids is 1. The smallest absolute Gasteiger partial charge is 0.335 e. The van der Waals surface area contributed by atoms with Gasteiger partial charge in [0.25, 0.3) is 0 Å². The molecule has 1 atom stereocenters. The molecule has 0 heterocycles. The lowest BCUT2D eigenvalue weighted by Crippen LogP contribution is -2.39. The first-order valence-electron chi connectivity index (χ1n) is 5.05. The molecule has 0 aliphatic heterocycles. The summed E-state index contributed by atoms with van der Waals surface area (Å²) in [6, 6.07) is 0. The van der Waals surface area contributed by atoms with E-state index in [-0.39, 0.29) is 13.2 Å². The molecule has 0 aliphatic carbocycles. The van der Waals surface area contributed by atoms with Gasteiger partial charge in [0.1, 0.15) is 0 Å². The van der Waals surface area contributed by atoms with Crippen molar-refractivity contribution < 1.29 is 19.7 Å². The maximum Gasteiger partial charge on any atom is 0.335 e. The fourth-order valence-corrected chi connectivity index (χ4v) is 1.22. The van der Waals surface area contributed by atoms with Crippen LogP contribution < -0.4 is 0 Å². The Morgan fingerprint density at radius 3 is 2.50 bits per heavy atom. The summed E-state index contributed by atoms with van der Waals surface area (Å²) < 4.78 is 5.14. The largest absolute Gasteiger partial charge is 0.479 e. The van der Waals surface area contributed by atoms with Crippen LogP contribution in [0.2, 0.25) is 0 Å². The van der Waals surface area contributed by atoms with E-state index in [1.165, 1.54) is 0 Å². The minimum atomic E-state index is -1.14. The molecule has 0 bridgehead atoms. The van der Waals surface area contributed by atoms with Gasteiger partial charge in [-0.15, -0.1) is 0 Å². The number of unbranched alkanes of at least 4 members (excludes halogenated alkanes) is 2. The number of carbonyl (C=O) groups is 1. The second-order valence-corrected chi connectivity index (χ2v) is 3.57. The molecule has 0 aromatic rings. The lowest BCUT2D eigenvalue weighted by molar-refractivity contribution is -0.165. The van der Waals surface area contributed by atoms with Crippen molar-refractivity contribution >= 4 is 5.97 Å². The van der Waals surface area contributed by atoms with Crippen LogP contribution >= 0.6 is 0 Å². The Labute approximate surface area is 84.9 Å². The number of aliphatic carboxylic acids is 1. The zero-order valence-corrected chi connectivity index (χ0v) is 8.95. The third kappa shape index (κ3) is 4.58. The molecular formula is C10H20O4. The van der Waals surface area contributed by atoms with Crippen LogP contribution in [0.25, 0.3) is 0 Å². The number of aliphatic hydroxyl groups is 1. The first kappa shape index (κ1) is 13.4. The van der Waals surface area contributed by atoms with Crippen LogP contribution in [0.1, 0.15) is 39.5 Å². The van der Waals surface area contributed by atoms with Gasteiger partial charge in [0.05, 0.1) is 13.2 Å². The van der Waals surface area contributed by atoms with E-state index in [0.717, 1.165) is 19.3 Å². The Hall–Kier alpha value is -0.610. The molecule has 84 valence electrons. The predicted molar refractivity (Wildman–Crippen MR) is 53.2 cm³/mol. The first-order chi connectivity index (χ1) is 6.56. The van der Waals surface area contributed by atoms with Crippen LogP contribution in [0.15, 0.2) is 0 Å². The highest BCUT2D eigenvalue weighted by Gasteiger charge is 2.33. The number of rotatable bonds is 8. The summed E-state index contributed by atoms with van der Waals surface area (Å²) in [5, 5.41) is 17.5. The van der Waals surface area contributed by atoms with Crippen molar-refractivity contribution in [3.05, 3.63) is 0 Å². The number of aliphatic hydroxyl groups excluding tert-OH is 1. The van der Waals surface area contributed by atoms with E-state index in [1.807, 2.05) is 0 Å². The zero-order valence-electron chi connectivity index (χ0n) is 8.95. The normalized spacial score (nSPS) is 15.1. The molecule has 4 heteroatoms. The minimum absolute atomic E-state index is 0.0783. The molecule has 0 spiro atoms. The summed E-state index contributed by atoms with van der Waals surface area (Å²) in [7, 11) is 0. The van der Waals surface area contributed by atoms with Gasteiger partial charge in [-0.3, -0.25) is 0 Å². The van der Waals surface area contributed by atoms with Gasteiger partial charge >= 0.3 is 5.97 Å². The number of hydrogen-bond acceptors (Lipinski definition) is 3.